The van der Waals surface area contributed by atoms with Gasteiger partial charge in [0.1, 0.15) is 11.6 Å². The molecule has 2 aromatic rings. The highest BCUT2D eigenvalue weighted by atomic mass is 16.3. The molecule has 8 nitrogen and oxygen atoms in total. The summed E-state index contributed by atoms with van der Waals surface area (Å²) in [5.74, 6) is 1.15. The zero-order chi connectivity index (χ0) is 17.9. The summed E-state index contributed by atoms with van der Waals surface area (Å²) in [6.07, 6.45) is 9.42. The van der Waals surface area contributed by atoms with Gasteiger partial charge in [0.15, 0.2) is 0 Å². The molecule has 3 rings (SSSR count). The van der Waals surface area contributed by atoms with Crippen LogP contribution in [0, 0.1) is 6.92 Å². The van der Waals surface area contributed by atoms with Gasteiger partial charge in [-0.1, -0.05) is 0 Å². The van der Waals surface area contributed by atoms with Crippen LogP contribution in [0.5, 0.6) is 0 Å². The van der Waals surface area contributed by atoms with Gasteiger partial charge >= 0.3 is 0 Å². The van der Waals surface area contributed by atoms with E-state index in [1.807, 2.05) is 4.90 Å². The molecule has 3 heterocycles. The maximum Gasteiger partial charge on any atom is 0.256 e. The Morgan fingerprint density at radius 1 is 1.28 bits per heavy atom. The topological polar surface area (TPSA) is 95.3 Å². The van der Waals surface area contributed by atoms with Crippen LogP contribution in [0.4, 0.5) is 5.82 Å². The van der Waals surface area contributed by atoms with Crippen molar-refractivity contribution in [3.8, 4) is 0 Å². The van der Waals surface area contributed by atoms with Crippen LogP contribution in [-0.4, -0.2) is 68.1 Å². The van der Waals surface area contributed by atoms with Crippen LogP contribution in [0.3, 0.4) is 0 Å². The van der Waals surface area contributed by atoms with Crippen molar-refractivity contribution >= 4 is 11.7 Å². The van der Waals surface area contributed by atoms with E-state index in [0.29, 0.717) is 24.4 Å². The fraction of sp³-hybridized carbons (Fsp3) is 0.471. The molecule has 1 N–H and O–H groups in total. The second-order valence-corrected chi connectivity index (χ2v) is 6.49. The van der Waals surface area contributed by atoms with Crippen LogP contribution in [-0.2, 0) is 0 Å². The molecule has 1 aliphatic rings. The zero-order valence-corrected chi connectivity index (χ0v) is 14.5. The molecule has 25 heavy (non-hydrogen) atoms. The normalized spacial score (nSPS) is 20.4. The largest absolute Gasteiger partial charge is 0.386 e. The van der Waals surface area contributed by atoms with Crippen LogP contribution in [0.2, 0.25) is 0 Å². The predicted octanol–water partition coefficient (Wildman–Crippen LogP) is 0.679. The Kier molecular flexibility index (Phi) is 4.89. The molecule has 0 aliphatic carbocycles. The van der Waals surface area contributed by atoms with Crippen LogP contribution in [0.15, 0.2) is 31.0 Å². The number of rotatable bonds is 4. The van der Waals surface area contributed by atoms with E-state index in [2.05, 4.69) is 19.9 Å². The van der Waals surface area contributed by atoms with Crippen molar-refractivity contribution in [3.63, 3.8) is 0 Å². The minimum absolute atomic E-state index is 0.204. The van der Waals surface area contributed by atoms with Gasteiger partial charge in [-0.05, 0) is 19.8 Å². The molecule has 1 atom stereocenters. The second-order valence-electron chi connectivity index (χ2n) is 6.49. The molecule has 0 saturated carbocycles. The Hall–Kier alpha value is -2.61. The van der Waals surface area contributed by atoms with E-state index in [4.69, 9.17) is 0 Å². The van der Waals surface area contributed by atoms with Gasteiger partial charge in [-0.3, -0.25) is 9.78 Å². The summed E-state index contributed by atoms with van der Waals surface area (Å²) in [5, 5.41) is 11.0. The first-order chi connectivity index (χ1) is 12.0. The lowest BCUT2D eigenvalue weighted by Gasteiger charge is -2.41. The quantitative estimate of drug-likeness (QED) is 0.873. The summed E-state index contributed by atoms with van der Waals surface area (Å²) in [7, 11) is 1.68. The van der Waals surface area contributed by atoms with Gasteiger partial charge in [0.05, 0.1) is 23.9 Å². The number of carbonyl (C=O) groups is 1. The number of aromatic nitrogens is 4. The molecule has 8 heteroatoms. The molecule has 1 fully saturated rings. The molecule has 0 spiro atoms. The summed E-state index contributed by atoms with van der Waals surface area (Å²) in [5.41, 5.74) is -0.579. The molecular weight excluding hydrogens is 320 g/mol. The van der Waals surface area contributed by atoms with Crippen molar-refractivity contribution in [2.24, 2.45) is 0 Å². The highest BCUT2D eigenvalue weighted by molar-refractivity contribution is 5.93. The van der Waals surface area contributed by atoms with Crippen molar-refractivity contribution in [1.29, 1.82) is 0 Å². The lowest BCUT2D eigenvalue weighted by Crippen LogP contribution is -2.54. The number of hydrogen-bond donors (Lipinski definition) is 1. The summed E-state index contributed by atoms with van der Waals surface area (Å²) in [4.78, 5) is 32.5. The fourth-order valence-electron chi connectivity index (χ4n) is 3.13. The van der Waals surface area contributed by atoms with Crippen LogP contribution < -0.4 is 4.90 Å². The molecule has 1 amide bonds. The highest BCUT2D eigenvalue weighted by Crippen LogP contribution is 2.25. The van der Waals surface area contributed by atoms with E-state index in [0.717, 1.165) is 18.8 Å². The lowest BCUT2D eigenvalue weighted by molar-refractivity contribution is -0.000170. The highest BCUT2D eigenvalue weighted by Gasteiger charge is 2.36. The monoisotopic (exact) mass is 342 g/mol. The van der Waals surface area contributed by atoms with E-state index in [9.17, 15) is 9.90 Å². The van der Waals surface area contributed by atoms with Gasteiger partial charge in [0, 0.05) is 44.9 Å². The van der Waals surface area contributed by atoms with Crippen molar-refractivity contribution in [2.45, 2.75) is 25.4 Å². The average molecular weight is 342 g/mol. The number of hydrogen-bond acceptors (Lipinski definition) is 7. The Balaban J connectivity index is 1.68. The number of aryl methyl sites for hydroxylation is 1. The Morgan fingerprint density at radius 2 is 2.04 bits per heavy atom. The third-order valence-corrected chi connectivity index (χ3v) is 4.33. The van der Waals surface area contributed by atoms with E-state index in [1.165, 1.54) is 17.3 Å². The minimum atomic E-state index is -0.994. The number of nitrogens with zero attached hydrogens (tertiary/aromatic N) is 6. The third-order valence-electron chi connectivity index (χ3n) is 4.33. The number of amides is 1. The van der Waals surface area contributed by atoms with Gasteiger partial charge in [0.2, 0.25) is 0 Å². The van der Waals surface area contributed by atoms with Gasteiger partial charge in [-0.25, -0.2) is 15.0 Å². The second kappa shape index (κ2) is 7.10. The molecule has 0 radical (unpaired) electrons. The number of piperidine rings is 1. The number of carbonyl (C=O) groups excluding carboxylic acids is 1. The van der Waals surface area contributed by atoms with Gasteiger partial charge < -0.3 is 14.9 Å². The summed E-state index contributed by atoms with van der Waals surface area (Å²) < 4.78 is 0. The predicted molar refractivity (Wildman–Crippen MR) is 92.2 cm³/mol. The average Bonchev–Trinajstić information content (AvgIpc) is 2.62. The van der Waals surface area contributed by atoms with Crippen molar-refractivity contribution in [2.75, 3.05) is 31.6 Å². The zero-order valence-electron chi connectivity index (χ0n) is 14.5. The Morgan fingerprint density at radius 3 is 2.72 bits per heavy atom. The third kappa shape index (κ3) is 4.08. The van der Waals surface area contributed by atoms with E-state index in [1.54, 1.807) is 32.6 Å². The molecule has 132 valence electrons. The molecule has 0 unspecified atom stereocenters. The van der Waals surface area contributed by atoms with Crippen LogP contribution in [0.1, 0.15) is 29.0 Å². The first-order valence-corrected chi connectivity index (χ1v) is 8.24. The molecule has 2 aromatic heterocycles. The maximum absolute atomic E-state index is 12.5. The molecule has 0 bridgehead atoms. The molecular formula is C17H22N6O2. The van der Waals surface area contributed by atoms with E-state index >= 15 is 0 Å². The SMILES string of the molecule is Cc1ncc(C(=O)N(C)C[C@@]2(O)CCCN(c3cnccn3)C2)cn1. The lowest BCUT2D eigenvalue weighted by atomic mass is 9.92. The first-order valence-electron chi connectivity index (χ1n) is 8.24. The molecule has 1 aliphatic heterocycles. The van der Waals surface area contributed by atoms with Crippen molar-refractivity contribution in [3.05, 3.63) is 42.4 Å². The Bertz CT molecular complexity index is 724. The van der Waals surface area contributed by atoms with E-state index < -0.39 is 5.60 Å². The Labute approximate surface area is 146 Å². The fourth-order valence-corrected chi connectivity index (χ4v) is 3.13. The summed E-state index contributed by atoms with van der Waals surface area (Å²) in [6, 6.07) is 0. The minimum Gasteiger partial charge on any atom is -0.386 e. The first kappa shape index (κ1) is 17.2. The van der Waals surface area contributed by atoms with Crippen molar-refractivity contribution < 1.29 is 9.90 Å². The number of likely N-dealkylation sites (N-methyl/N-ethyl adjacent to an activating group) is 1. The van der Waals surface area contributed by atoms with E-state index in [-0.39, 0.29) is 12.5 Å². The standard InChI is InChI=1S/C17H22N6O2/c1-13-20-8-14(9-21-13)16(24)22(2)11-17(25)4-3-7-23(12-17)15-10-18-5-6-19-15/h5-6,8-10,25H,3-4,7,11-12H2,1-2H3/t17-/m0/s1. The van der Waals surface area contributed by atoms with Crippen LogP contribution >= 0.6 is 0 Å². The van der Waals surface area contributed by atoms with Gasteiger partial charge in [-0.15, -0.1) is 0 Å². The van der Waals surface area contributed by atoms with Crippen molar-refractivity contribution in [1.82, 2.24) is 24.8 Å². The van der Waals surface area contributed by atoms with Gasteiger partial charge in [0.25, 0.3) is 5.91 Å². The molecule has 1 saturated heterocycles. The number of β-amino-alcohol motifs (C(OH)–C–C–N with tert-alkyl or cyclic N) is 1. The maximum atomic E-state index is 12.5. The van der Waals surface area contributed by atoms with Gasteiger partial charge in [-0.2, -0.15) is 0 Å². The smallest absolute Gasteiger partial charge is 0.256 e. The summed E-state index contributed by atoms with van der Waals surface area (Å²) in [6.45, 7) is 3.22. The number of anilines is 1. The summed E-state index contributed by atoms with van der Waals surface area (Å²) >= 11 is 0. The van der Waals surface area contributed by atoms with Crippen LogP contribution in [0.25, 0.3) is 0 Å². The molecule has 0 aromatic carbocycles. The number of aliphatic hydroxyl groups is 1.